The fraction of sp³-hybridized carbons (Fsp3) is 0.409. The third-order valence-electron chi connectivity index (χ3n) is 6.35. The van der Waals surface area contributed by atoms with E-state index in [2.05, 4.69) is 17.1 Å². The quantitative estimate of drug-likeness (QED) is 0.796. The van der Waals surface area contributed by atoms with Crippen molar-refractivity contribution in [2.45, 2.75) is 32.2 Å². The molecule has 2 aromatic rings. The highest BCUT2D eigenvalue weighted by molar-refractivity contribution is 5.77. The lowest BCUT2D eigenvalue weighted by Crippen LogP contribution is -2.29. The molecule has 0 unspecified atom stereocenters. The van der Waals surface area contributed by atoms with Gasteiger partial charge in [0.1, 0.15) is 0 Å². The van der Waals surface area contributed by atoms with Crippen LogP contribution >= 0.6 is 0 Å². The first-order valence-electron chi connectivity index (χ1n) is 10.5. The number of fused-ring (bicyclic) bond motifs is 2. The van der Waals surface area contributed by atoms with Crippen LogP contribution in [0.2, 0.25) is 0 Å². The Morgan fingerprint density at radius 2 is 2.06 bits per heavy atom. The Hall–Kier alpha value is -2.94. The summed E-state index contributed by atoms with van der Waals surface area (Å²) in [5.41, 5.74) is 7.55. The SMILES string of the molecule is C=CN1CCc2c(c(N3CCCc4cc(C5=CN(C)NC5)c(C(F)F)cc43)nn2F)C1. The van der Waals surface area contributed by atoms with Gasteiger partial charge < -0.3 is 14.8 Å². The molecule has 3 aliphatic rings. The van der Waals surface area contributed by atoms with Crippen molar-refractivity contribution < 1.29 is 13.3 Å². The number of nitrogens with zero attached hydrogens (tertiary/aromatic N) is 5. The highest BCUT2D eigenvalue weighted by atomic mass is 19.3. The lowest BCUT2D eigenvalue weighted by atomic mass is 9.92. The topological polar surface area (TPSA) is 39.6 Å². The molecule has 0 amide bonds. The van der Waals surface area contributed by atoms with E-state index in [9.17, 15) is 13.3 Å². The molecule has 0 saturated carbocycles. The molecule has 5 rings (SSSR count). The summed E-state index contributed by atoms with van der Waals surface area (Å²) >= 11 is 0. The predicted octanol–water partition coefficient (Wildman–Crippen LogP) is 3.93. The largest absolute Gasteiger partial charge is 0.373 e. The Labute approximate surface area is 179 Å². The summed E-state index contributed by atoms with van der Waals surface area (Å²) < 4.78 is 42.7. The molecule has 0 spiro atoms. The average molecular weight is 430 g/mol. The Kier molecular flexibility index (Phi) is 4.92. The molecular formula is C22H25F3N6. The van der Waals surface area contributed by atoms with Crippen LogP contribution in [0.15, 0.2) is 31.1 Å². The first-order valence-corrected chi connectivity index (χ1v) is 10.5. The number of benzene rings is 1. The number of rotatable bonds is 4. The first kappa shape index (κ1) is 20.0. The maximum Gasteiger partial charge on any atom is 0.264 e. The van der Waals surface area contributed by atoms with Crippen molar-refractivity contribution >= 4 is 17.1 Å². The Morgan fingerprint density at radius 3 is 2.77 bits per heavy atom. The molecule has 4 heterocycles. The standard InChI is InChI=1S/C22H25F3N6/c1-3-29-8-6-19-18(13-29)22(27-31(19)25)30-7-4-5-14-9-16(15-11-26-28(2)12-15)17(21(23)24)10-20(14)30/h3,9-10,12,21,26H,1,4-8,11,13H2,2H3. The van der Waals surface area contributed by atoms with Gasteiger partial charge in [0, 0.05) is 62.7 Å². The summed E-state index contributed by atoms with van der Waals surface area (Å²) in [5, 5.41) is 5.95. The van der Waals surface area contributed by atoms with E-state index in [-0.39, 0.29) is 5.56 Å². The second-order valence-electron chi connectivity index (χ2n) is 8.24. The number of nitrogens with one attached hydrogen (secondary N) is 1. The number of hydrogen-bond donors (Lipinski definition) is 1. The highest BCUT2D eigenvalue weighted by Crippen LogP contribution is 2.42. The van der Waals surface area contributed by atoms with E-state index in [0.717, 1.165) is 29.5 Å². The molecule has 1 aromatic heterocycles. The van der Waals surface area contributed by atoms with Gasteiger partial charge in [-0.15, -0.1) is 5.10 Å². The second kappa shape index (κ2) is 7.64. The van der Waals surface area contributed by atoms with Crippen molar-refractivity contribution in [1.29, 1.82) is 0 Å². The number of anilines is 2. The molecule has 3 aliphatic heterocycles. The van der Waals surface area contributed by atoms with Crippen molar-refractivity contribution in [1.82, 2.24) is 25.3 Å². The summed E-state index contributed by atoms with van der Waals surface area (Å²) in [6.45, 7) is 6.13. The molecule has 0 saturated heterocycles. The van der Waals surface area contributed by atoms with E-state index in [0.29, 0.717) is 60.3 Å². The van der Waals surface area contributed by atoms with Gasteiger partial charge in [0.05, 0.1) is 5.69 Å². The monoisotopic (exact) mass is 430 g/mol. The molecule has 0 fully saturated rings. The lowest BCUT2D eigenvalue weighted by Gasteiger charge is -2.33. The summed E-state index contributed by atoms with van der Waals surface area (Å²) in [6, 6.07) is 3.45. The minimum atomic E-state index is -2.61. The molecule has 0 radical (unpaired) electrons. The third-order valence-corrected chi connectivity index (χ3v) is 6.35. The maximum atomic E-state index is 14.6. The van der Waals surface area contributed by atoms with Crippen LogP contribution in [0.25, 0.3) is 5.57 Å². The highest BCUT2D eigenvalue weighted by Gasteiger charge is 2.31. The molecule has 1 N–H and O–H groups in total. The van der Waals surface area contributed by atoms with Gasteiger partial charge in [-0.3, -0.25) is 0 Å². The number of alkyl halides is 2. The molecule has 31 heavy (non-hydrogen) atoms. The van der Waals surface area contributed by atoms with E-state index < -0.39 is 6.43 Å². The molecule has 9 heteroatoms. The van der Waals surface area contributed by atoms with Gasteiger partial charge in [-0.25, -0.2) is 14.2 Å². The van der Waals surface area contributed by atoms with Gasteiger partial charge in [-0.2, -0.15) is 0 Å². The normalized spacial score (nSPS) is 18.4. The van der Waals surface area contributed by atoms with Gasteiger partial charge in [0.15, 0.2) is 5.82 Å². The van der Waals surface area contributed by atoms with Crippen LogP contribution in [-0.4, -0.2) is 46.6 Å². The lowest BCUT2D eigenvalue weighted by molar-refractivity contribution is 0.151. The summed E-state index contributed by atoms with van der Waals surface area (Å²) in [6.07, 6.45) is 3.14. The fourth-order valence-electron chi connectivity index (χ4n) is 4.78. The van der Waals surface area contributed by atoms with Crippen LogP contribution in [0.4, 0.5) is 24.8 Å². The molecule has 0 aliphatic carbocycles. The van der Waals surface area contributed by atoms with Crippen LogP contribution in [0, 0.1) is 0 Å². The van der Waals surface area contributed by atoms with E-state index in [1.165, 1.54) is 0 Å². The van der Waals surface area contributed by atoms with Gasteiger partial charge >= 0.3 is 0 Å². The van der Waals surface area contributed by atoms with E-state index in [1.807, 2.05) is 29.1 Å². The smallest absolute Gasteiger partial charge is 0.264 e. The van der Waals surface area contributed by atoms with Crippen molar-refractivity contribution in [2.75, 3.05) is 31.6 Å². The van der Waals surface area contributed by atoms with Crippen molar-refractivity contribution in [3.63, 3.8) is 0 Å². The van der Waals surface area contributed by atoms with Crippen LogP contribution in [0.5, 0.6) is 0 Å². The zero-order valence-electron chi connectivity index (χ0n) is 17.4. The van der Waals surface area contributed by atoms with E-state index in [4.69, 9.17) is 0 Å². The van der Waals surface area contributed by atoms with Crippen LogP contribution in [0.1, 0.15) is 40.8 Å². The number of halogens is 3. The molecule has 0 atom stereocenters. The Balaban J connectivity index is 1.61. The van der Waals surface area contributed by atoms with E-state index in [1.54, 1.807) is 17.3 Å². The van der Waals surface area contributed by atoms with Crippen LogP contribution in [-0.2, 0) is 19.4 Å². The van der Waals surface area contributed by atoms with Crippen LogP contribution < -0.4 is 10.3 Å². The van der Waals surface area contributed by atoms with Crippen LogP contribution in [0.3, 0.4) is 0 Å². The molecule has 1 aromatic carbocycles. The predicted molar refractivity (Wildman–Crippen MR) is 114 cm³/mol. The van der Waals surface area contributed by atoms with E-state index >= 15 is 0 Å². The number of aryl methyl sites for hydroxylation is 1. The Morgan fingerprint density at radius 1 is 1.23 bits per heavy atom. The molecular weight excluding hydrogens is 405 g/mol. The third kappa shape index (κ3) is 3.37. The number of hydrazine groups is 1. The van der Waals surface area contributed by atoms with Crippen molar-refractivity contribution in [3.05, 3.63) is 59.1 Å². The summed E-state index contributed by atoms with van der Waals surface area (Å²) in [4.78, 5) is 4.37. The second-order valence-corrected chi connectivity index (χ2v) is 8.24. The summed E-state index contributed by atoms with van der Waals surface area (Å²) in [5.74, 6) is 0.513. The molecule has 164 valence electrons. The summed E-state index contributed by atoms with van der Waals surface area (Å²) in [7, 11) is 1.85. The van der Waals surface area contributed by atoms with Gasteiger partial charge in [-0.1, -0.05) is 16.0 Å². The molecule has 0 bridgehead atoms. The van der Waals surface area contributed by atoms with Gasteiger partial charge in [0.2, 0.25) is 0 Å². The maximum absolute atomic E-state index is 14.6. The Bertz CT molecular complexity index is 1060. The van der Waals surface area contributed by atoms with Gasteiger partial charge in [-0.05, 0) is 47.9 Å². The van der Waals surface area contributed by atoms with Crippen molar-refractivity contribution in [3.8, 4) is 0 Å². The van der Waals surface area contributed by atoms with Gasteiger partial charge in [0.25, 0.3) is 6.43 Å². The zero-order valence-corrected chi connectivity index (χ0v) is 17.4. The minimum absolute atomic E-state index is 0.00438. The number of hydrogen-bond acceptors (Lipinski definition) is 5. The zero-order chi connectivity index (χ0) is 21.7. The van der Waals surface area contributed by atoms with Crippen molar-refractivity contribution in [2.24, 2.45) is 0 Å². The fourth-order valence-corrected chi connectivity index (χ4v) is 4.78. The minimum Gasteiger partial charge on any atom is -0.373 e. The molecule has 6 nitrogen and oxygen atoms in total. The first-order chi connectivity index (χ1) is 15.0. The number of aromatic nitrogens is 2. The average Bonchev–Trinajstić information content (AvgIpc) is 3.35.